The van der Waals surface area contributed by atoms with Gasteiger partial charge in [-0.2, -0.15) is 0 Å². The molecule has 1 aliphatic heterocycles. The molecule has 0 spiro atoms. The molecule has 0 N–H and O–H groups in total. The van der Waals surface area contributed by atoms with E-state index in [0.717, 1.165) is 0 Å². The number of rotatable bonds is 4. The third-order valence-electron chi connectivity index (χ3n) is 6.40. The quantitative estimate of drug-likeness (QED) is 0.715. The van der Waals surface area contributed by atoms with Crippen LogP contribution in [0.5, 0.6) is 0 Å². The lowest BCUT2D eigenvalue weighted by Gasteiger charge is -2.32. The van der Waals surface area contributed by atoms with Gasteiger partial charge < -0.3 is 9.31 Å². The van der Waals surface area contributed by atoms with E-state index in [1.807, 2.05) is 0 Å². The van der Waals surface area contributed by atoms with E-state index in [4.69, 9.17) is 9.31 Å². The van der Waals surface area contributed by atoms with Crippen LogP contribution in [0.25, 0.3) is 0 Å². The molecule has 1 heterocycles. The van der Waals surface area contributed by atoms with Crippen LogP contribution in [0.3, 0.4) is 0 Å². The Balaban J connectivity index is 1.96. The third kappa shape index (κ3) is 3.81. The number of hydrogen-bond acceptors (Lipinski definition) is 2. The normalized spacial score (nSPS) is 24.1. The van der Waals surface area contributed by atoms with E-state index >= 15 is 0 Å². The van der Waals surface area contributed by atoms with Gasteiger partial charge in [0.25, 0.3) is 0 Å². The standard InChI is InChI=1S/C21H33BO2Si/c1-20(2)21(3,4)24-22(23-20)19(17-12-10-11-13-17)16-25(5,6)18-14-8-7-9-15-18/h7-9,14-17H,10-13H2,1-6H3/b19-16-. The van der Waals surface area contributed by atoms with Crippen LogP contribution in [0.4, 0.5) is 0 Å². The summed E-state index contributed by atoms with van der Waals surface area (Å²) in [6.45, 7) is 13.5. The van der Waals surface area contributed by atoms with Crippen molar-refractivity contribution in [3.63, 3.8) is 0 Å². The Labute approximate surface area is 155 Å². The first kappa shape index (κ1) is 18.9. The number of benzene rings is 1. The smallest absolute Gasteiger partial charge is 0.400 e. The molecule has 136 valence electrons. The predicted molar refractivity (Wildman–Crippen MR) is 110 cm³/mol. The van der Waals surface area contributed by atoms with Gasteiger partial charge in [-0.15, -0.1) is 0 Å². The molecule has 1 saturated carbocycles. The Kier molecular flexibility index (Phi) is 5.09. The molecule has 2 nitrogen and oxygen atoms in total. The Morgan fingerprint density at radius 2 is 1.52 bits per heavy atom. The monoisotopic (exact) mass is 356 g/mol. The maximum Gasteiger partial charge on any atom is 0.490 e. The molecule has 0 unspecified atom stereocenters. The molecule has 0 atom stereocenters. The van der Waals surface area contributed by atoms with Crippen molar-refractivity contribution < 1.29 is 9.31 Å². The number of allylic oxidation sites excluding steroid dienone is 1. The summed E-state index contributed by atoms with van der Waals surface area (Å²) >= 11 is 0. The minimum Gasteiger partial charge on any atom is -0.400 e. The Morgan fingerprint density at radius 1 is 1.00 bits per heavy atom. The molecule has 0 radical (unpaired) electrons. The molecule has 2 fully saturated rings. The average Bonchev–Trinajstić information content (AvgIpc) is 3.13. The maximum atomic E-state index is 6.45. The van der Waals surface area contributed by atoms with Gasteiger partial charge in [0, 0.05) is 0 Å². The van der Waals surface area contributed by atoms with Crippen LogP contribution < -0.4 is 5.19 Å². The zero-order chi connectivity index (χ0) is 18.3. The van der Waals surface area contributed by atoms with Gasteiger partial charge in [-0.1, -0.05) is 67.2 Å². The fourth-order valence-corrected chi connectivity index (χ4v) is 6.41. The van der Waals surface area contributed by atoms with Crippen LogP contribution in [0, 0.1) is 5.92 Å². The van der Waals surface area contributed by atoms with Gasteiger partial charge in [0.1, 0.15) is 8.07 Å². The first-order chi connectivity index (χ1) is 11.6. The summed E-state index contributed by atoms with van der Waals surface area (Å²) in [7, 11) is -1.88. The summed E-state index contributed by atoms with van der Waals surface area (Å²) in [6, 6.07) is 11.0. The second kappa shape index (κ2) is 6.71. The van der Waals surface area contributed by atoms with Gasteiger partial charge >= 0.3 is 7.12 Å². The highest BCUT2D eigenvalue weighted by atomic mass is 28.3. The lowest BCUT2D eigenvalue weighted by atomic mass is 9.71. The zero-order valence-corrected chi connectivity index (χ0v) is 17.8. The van der Waals surface area contributed by atoms with E-state index in [9.17, 15) is 0 Å². The lowest BCUT2D eigenvalue weighted by Crippen LogP contribution is -2.41. The molecule has 1 aliphatic carbocycles. The van der Waals surface area contributed by atoms with Crippen LogP contribution in [-0.4, -0.2) is 26.4 Å². The van der Waals surface area contributed by atoms with Crippen LogP contribution in [0.1, 0.15) is 53.4 Å². The molecule has 25 heavy (non-hydrogen) atoms. The minimum atomic E-state index is -1.69. The first-order valence-electron chi connectivity index (χ1n) is 9.76. The molecule has 0 aromatic heterocycles. The molecule has 2 aliphatic rings. The lowest BCUT2D eigenvalue weighted by molar-refractivity contribution is 0.00578. The van der Waals surface area contributed by atoms with Crippen molar-refractivity contribution in [2.24, 2.45) is 5.92 Å². The second-order valence-electron chi connectivity index (χ2n) is 9.30. The van der Waals surface area contributed by atoms with Crippen molar-refractivity contribution in [1.29, 1.82) is 0 Å². The summed E-state index contributed by atoms with van der Waals surface area (Å²) in [5.74, 6) is 0.616. The summed E-state index contributed by atoms with van der Waals surface area (Å²) in [5, 5.41) is 1.47. The molecular weight excluding hydrogens is 323 g/mol. The van der Waals surface area contributed by atoms with Crippen molar-refractivity contribution in [3.8, 4) is 0 Å². The molecule has 4 heteroatoms. The largest absolute Gasteiger partial charge is 0.490 e. The van der Waals surface area contributed by atoms with Gasteiger partial charge in [-0.3, -0.25) is 0 Å². The van der Waals surface area contributed by atoms with Crippen molar-refractivity contribution in [1.82, 2.24) is 0 Å². The van der Waals surface area contributed by atoms with Crippen molar-refractivity contribution in [2.45, 2.75) is 77.7 Å². The molecule has 1 saturated heterocycles. The van der Waals surface area contributed by atoms with Gasteiger partial charge in [-0.05, 0) is 51.9 Å². The zero-order valence-electron chi connectivity index (χ0n) is 16.8. The van der Waals surface area contributed by atoms with Gasteiger partial charge in [0.05, 0.1) is 11.2 Å². The van der Waals surface area contributed by atoms with E-state index in [0.29, 0.717) is 5.92 Å². The molecule has 0 amide bonds. The van der Waals surface area contributed by atoms with Crippen molar-refractivity contribution >= 4 is 20.4 Å². The molecule has 0 bridgehead atoms. The average molecular weight is 356 g/mol. The van der Waals surface area contributed by atoms with Gasteiger partial charge in [0.15, 0.2) is 0 Å². The highest BCUT2D eigenvalue weighted by molar-refractivity contribution is 6.94. The topological polar surface area (TPSA) is 18.5 Å². The summed E-state index contributed by atoms with van der Waals surface area (Å²) in [4.78, 5) is 0. The predicted octanol–water partition coefficient (Wildman–Crippen LogP) is 4.89. The molecule has 1 aromatic rings. The number of hydrogen-bond donors (Lipinski definition) is 0. The minimum absolute atomic E-state index is 0.191. The summed E-state index contributed by atoms with van der Waals surface area (Å²) in [5.41, 5.74) is 3.44. The van der Waals surface area contributed by atoms with Gasteiger partial charge in [0.2, 0.25) is 0 Å². The highest BCUT2D eigenvalue weighted by Crippen LogP contribution is 2.43. The Bertz CT molecular complexity index is 615. The molecular formula is C21H33BO2Si. The Morgan fingerprint density at radius 3 is 2.04 bits per heavy atom. The SMILES string of the molecule is CC1(C)OB(/C(=C\[Si](C)(C)c2ccccc2)C2CCCC2)OC1(C)C. The third-order valence-corrected chi connectivity index (χ3v) is 9.27. The van der Waals surface area contributed by atoms with E-state index in [-0.39, 0.29) is 18.3 Å². The van der Waals surface area contributed by atoms with Crippen LogP contribution in [0.2, 0.25) is 13.1 Å². The molecule has 1 aromatic carbocycles. The van der Waals surface area contributed by atoms with Crippen LogP contribution in [-0.2, 0) is 9.31 Å². The van der Waals surface area contributed by atoms with E-state index in [1.165, 1.54) is 36.3 Å². The van der Waals surface area contributed by atoms with Gasteiger partial charge in [-0.25, -0.2) is 0 Å². The van der Waals surface area contributed by atoms with E-state index < -0.39 is 8.07 Å². The fraction of sp³-hybridized carbons (Fsp3) is 0.619. The fourth-order valence-electron chi connectivity index (χ4n) is 3.98. The summed E-state index contributed by atoms with van der Waals surface area (Å²) < 4.78 is 12.9. The van der Waals surface area contributed by atoms with Crippen molar-refractivity contribution in [2.75, 3.05) is 0 Å². The second-order valence-corrected chi connectivity index (χ2v) is 13.6. The first-order valence-corrected chi connectivity index (χ1v) is 12.8. The van der Waals surface area contributed by atoms with Crippen LogP contribution in [0.15, 0.2) is 41.5 Å². The van der Waals surface area contributed by atoms with E-state index in [1.54, 1.807) is 0 Å². The molecule has 3 rings (SSSR count). The van der Waals surface area contributed by atoms with Crippen molar-refractivity contribution in [3.05, 3.63) is 41.5 Å². The van der Waals surface area contributed by atoms with Crippen LogP contribution >= 0.6 is 0 Å². The highest BCUT2D eigenvalue weighted by Gasteiger charge is 2.53. The van der Waals surface area contributed by atoms with E-state index in [2.05, 4.69) is 76.8 Å². The maximum absolute atomic E-state index is 6.45. The summed E-state index contributed by atoms with van der Waals surface area (Å²) in [6.07, 6.45) is 5.20. The Hall–Kier alpha value is -0.838.